The highest BCUT2D eigenvalue weighted by Gasteiger charge is 2.21. The molecule has 0 radical (unpaired) electrons. The van der Waals surface area contributed by atoms with Crippen molar-refractivity contribution in [3.8, 4) is 0 Å². The quantitative estimate of drug-likeness (QED) is 0.854. The van der Waals surface area contributed by atoms with Crippen LogP contribution in [0.2, 0.25) is 0 Å². The standard InChI is InChI=1S/C17H25NO/c1-6-14(18-7-2)15-11-12-9-8-10-13(16(12)19-15)17(3,4)5/h8-11,14,18H,6-7H2,1-5H3. The van der Waals surface area contributed by atoms with E-state index in [1.165, 1.54) is 10.9 Å². The van der Waals surface area contributed by atoms with Gasteiger partial charge in [0.2, 0.25) is 0 Å². The zero-order chi connectivity index (χ0) is 14.0. The molecular weight excluding hydrogens is 234 g/mol. The monoisotopic (exact) mass is 259 g/mol. The van der Waals surface area contributed by atoms with E-state index in [1.54, 1.807) is 0 Å². The first-order chi connectivity index (χ1) is 8.97. The van der Waals surface area contributed by atoms with Gasteiger partial charge in [-0.2, -0.15) is 0 Å². The van der Waals surface area contributed by atoms with Gasteiger partial charge in [0.1, 0.15) is 11.3 Å². The average molecular weight is 259 g/mol. The molecule has 0 aliphatic heterocycles. The van der Waals surface area contributed by atoms with Gasteiger partial charge in [0.15, 0.2) is 0 Å². The van der Waals surface area contributed by atoms with Crippen molar-refractivity contribution in [2.75, 3.05) is 6.54 Å². The molecular formula is C17H25NO. The van der Waals surface area contributed by atoms with Crippen LogP contribution in [0.1, 0.15) is 58.4 Å². The van der Waals surface area contributed by atoms with Crippen molar-refractivity contribution in [2.45, 2.75) is 52.5 Å². The third kappa shape index (κ3) is 2.84. The summed E-state index contributed by atoms with van der Waals surface area (Å²) in [6.07, 6.45) is 1.04. The fourth-order valence-electron chi connectivity index (χ4n) is 2.54. The molecule has 0 fully saturated rings. The fourth-order valence-corrected chi connectivity index (χ4v) is 2.54. The van der Waals surface area contributed by atoms with E-state index in [0.717, 1.165) is 24.3 Å². The maximum absolute atomic E-state index is 6.17. The summed E-state index contributed by atoms with van der Waals surface area (Å²) in [7, 11) is 0. The number of hydrogen-bond acceptors (Lipinski definition) is 2. The van der Waals surface area contributed by atoms with Crippen LogP contribution in [-0.4, -0.2) is 6.54 Å². The normalized spacial score (nSPS) is 13.9. The Labute approximate surface area is 116 Å². The molecule has 1 N–H and O–H groups in total. The van der Waals surface area contributed by atoms with Gasteiger partial charge in [0.25, 0.3) is 0 Å². The molecule has 104 valence electrons. The predicted molar refractivity (Wildman–Crippen MR) is 81.6 cm³/mol. The molecule has 2 rings (SSSR count). The summed E-state index contributed by atoms with van der Waals surface area (Å²) in [6, 6.07) is 8.92. The highest BCUT2D eigenvalue weighted by molar-refractivity contribution is 5.82. The number of hydrogen-bond donors (Lipinski definition) is 1. The van der Waals surface area contributed by atoms with E-state index in [9.17, 15) is 0 Å². The molecule has 0 aliphatic carbocycles. The fraction of sp³-hybridized carbons (Fsp3) is 0.529. The Balaban J connectivity index is 2.51. The molecule has 0 amide bonds. The van der Waals surface area contributed by atoms with Gasteiger partial charge in [-0.05, 0) is 24.4 Å². The lowest BCUT2D eigenvalue weighted by molar-refractivity contribution is 0.424. The van der Waals surface area contributed by atoms with E-state index >= 15 is 0 Å². The van der Waals surface area contributed by atoms with Gasteiger partial charge < -0.3 is 9.73 Å². The topological polar surface area (TPSA) is 25.2 Å². The molecule has 19 heavy (non-hydrogen) atoms. The van der Waals surface area contributed by atoms with Gasteiger partial charge in [-0.15, -0.1) is 0 Å². The van der Waals surface area contributed by atoms with Crippen LogP contribution < -0.4 is 5.32 Å². The molecule has 1 heterocycles. The van der Waals surface area contributed by atoms with Gasteiger partial charge in [-0.3, -0.25) is 0 Å². The zero-order valence-corrected chi connectivity index (χ0v) is 12.7. The van der Waals surface area contributed by atoms with Crippen molar-refractivity contribution < 1.29 is 4.42 Å². The number of benzene rings is 1. The molecule has 0 spiro atoms. The number of nitrogens with one attached hydrogen (secondary N) is 1. The van der Waals surface area contributed by atoms with Crippen molar-refractivity contribution >= 4 is 11.0 Å². The van der Waals surface area contributed by atoms with Crippen LogP contribution in [0, 0.1) is 0 Å². The minimum absolute atomic E-state index is 0.106. The summed E-state index contributed by atoms with van der Waals surface area (Å²) in [5, 5.41) is 4.68. The molecule has 2 aromatic rings. The van der Waals surface area contributed by atoms with Crippen molar-refractivity contribution in [3.05, 3.63) is 35.6 Å². The number of furan rings is 1. The first-order valence-electron chi connectivity index (χ1n) is 7.23. The Kier molecular flexibility index (Phi) is 4.00. The highest BCUT2D eigenvalue weighted by atomic mass is 16.3. The molecule has 0 aliphatic rings. The minimum Gasteiger partial charge on any atom is -0.459 e. The molecule has 1 aromatic carbocycles. The Morgan fingerprint density at radius 2 is 1.95 bits per heavy atom. The van der Waals surface area contributed by atoms with Crippen LogP contribution in [0.3, 0.4) is 0 Å². The minimum atomic E-state index is 0.106. The molecule has 1 atom stereocenters. The predicted octanol–water partition coefficient (Wildman–Crippen LogP) is 4.79. The number of para-hydroxylation sites is 1. The molecule has 2 heteroatoms. The van der Waals surface area contributed by atoms with Crippen LogP contribution in [0.15, 0.2) is 28.7 Å². The van der Waals surface area contributed by atoms with E-state index in [0.29, 0.717) is 6.04 Å². The van der Waals surface area contributed by atoms with E-state index in [-0.39, 0.29) is 5.41 Å². The van der Waals surface area contributed by atoms with Crippen molar-refractivity contribution in [3.63, 3.8) is 0 Å². The smallest absolute Gasteiger partial charge is 0.138 e. The highest BCUT2D eigenvalue weighted by Crippen LogP contribution is 2.33. The largest absolute Gasteiger partial charge is 0.459 e. The van der Waals surface area contributed by atoms with Gasteiger partial charge in [0.05, 0.1) is 6.04 Å². The Bertz CT molecular complexity index is 548. The Morgan fingerprint density at radius 1 is 1.21 bits per heavy atom. The van der Waals surface area contributed by atoms with Crippen molar-refractivity contribution in [2.24, 2.45) is 0 Å². The molecule has 1 unspecified atom stereocenters. The molecule has 1 aromatic heterocycles. The number of rotatable bonds is 4. The maximum Gasteiger partial charge on any atom is 0.138 e. The van der Waals surface area contributed by atoms with Gasteiger partial charge in [0, 0.05) is 10.9 Å². The second-order valence-corrected chi connectivity index (χ2v) is 6.14. The van der Waals surface area contributed by atoms with E-state index in [1.807, 2.05) is 0 Å². The van der Waals surface area contributed by atoms with Crippen molar-refractivity contribution in [1.29, 1.82) is 0 Å². The first kappa shape index (κ1) is 14.1. The van der Waals surface area contributed by atoms with Crippen LogP contribution in [0.25, 0.3) is 11.0 Å². The lowest BCUT2D eigenvalue weighted by atomic mass is 9.86. The average Bonchev–Trinajstić information content (AvgIpc) is 2.77. The van der Waals surface area contributed by atoms with Gasteiger partial charge >= 0.3 is 0 Å². The lowest BCUT2D eigenvalue weighted by Gasteiger charge is -2.19. The van der Waals surface area contributed by atoms with Gasteiger partial charge in [-0.1, -0.05) is 52.8 Å². The van der Waals surface area contributed by atoms with Gasteiger partial charge in [-0.25, -0.2) is 0 Å². The second kappa shape index (κ2) is 5.38. The third-order valence-corrected chi connectivity index (χ3v) is 3.57. The Hall–Kier alpha value is -1.28. The molecule has 0 saturated heterocycles. The first-order valence-corrected chi connectivity index (χ1v) is 7.23. The van der Waals surface area contributed by atoms with E-state index in [4.69, 9.17) is 4.42 Å². The zero-order valence-electron chi connectivity index (χ0n) is 12.7. The molecule has 0 saturated carbocycles. The molecule has 0 bridgehead atoms. The van der Waals surface area contributed by atoms with Crippen LogP contribution >= 0.6 is 0 Å². The van der Waals surface area contributed by atoms with Crippen LogP contribution in [0.4, 0.5) is 0 Å². The summed E-state index contributed by atoms with van der Waals surface area (Å²) in [4.78, 5) is 0. The Morgan fingerprint density at radius 3 is 2.53 bits per heavy atom. The van der Waals surface area contributed by atoms with Crippen LogP contribution in [0.5, 0.6) is 0 Å². The maximum atomic E-state index is 6.17. The summed E-state index contributed by atoms with van der Waals surface area (Å²) >= 11 is 0. The number of fused-ring (bicyclic) bond motifs is 1. The SMILES string of the molecule is CCNC(CC)c1cc2cccc(C(C)(C)C)c2o1. The van der Waals surface area contributed by atoms with E-state index in [2.05, 4.69) is 64.2 Å². The van der Waals surface area contributed by atoms with E-state index < -0.39 is 0 Å². The second-order valence-electron chi connectivity index (χ2n) is 6.14. The molecule has 2 nitrogen and oxygen atoms in total. The summed E-state index contributed by atoms with van der Waals surface area (Å²) in [6.45, 7) is 12.0. The third-order valence-electron chi connectivity index (χ3n) is 3.57. The summed E-state index contributed by atoms with van der Waals surface area (Å²) in [5.74, 6) is 1.05. The summed E-state index contributed by atoms with van der Waals surface area (Å²) in [5.41, 5.74) is 2.43. The lowest BCUT2D eigenvalue weighted by Crippen LogP contribution is -2.19. The summed E-state index contributed by atoms with van der Waals surface area (Å²) < 4.78 is 6.17. The van der Waals surface area contributed by atoms with Crippen LogP contribution in [-0.2, 0) is 5.41 Å². The van der Waals surface area contributed by atoms with Crippen molar-refractivity contribution in [1.82, 2.24) is 5.32 Å².